The normalized spacial score (nSPS) is 14.6. The molecule has 0 aliphatic heterocycles. The number of nitrogens with zero attached hydrogens (tertiary/aromatic N) is 1. The van der Waals surface area contributed by atoms with Crippen LogP contribution in [0.5, 0.6) is 5.75 Å². The predicted octanol–water partition coefficient (Wildman–Crippen LogP) is 4.00. The summed E-state index contributed by atoms with van der Waals surface area (Å²) in [5.41, 5.74) is 4.18. The second-order valence-corrected chi connectivity index (χ2v) is 10.4. The van der Waals surface area contributed by atoms with E-state index in [2.05, 4.69) is 23.5 Å². The van der Waals surface area contributed by atoms with E-state index in [4.69, 9.17) is 4.74 Å². The molecule has 1 N–H and O–H groups in total. The lowest BCUT2D eigenvalue weighted by Gasteiger charge is -2.24. The Morgan fingerprint density at radius 1 is 1.06 bits per heavy atom. The quantitative estimate of drug-likeness (QED) is 0.668. The molecule has 0 unspecified atom stereocenters. The molecule has 0 saturated heterocycles. The minimum atomic E-state index is -3.65. The van der Waals surface area contributed by atoms with Crippen molar-refractivity contribution in [3.63, 3.8) is 0 Å². The lowest BCUT2D eigenvalue weighted by molar-refractivity contribution is -0.120. The molecule has 1 atom stereocenters. The van der Waals surface area contributed by atoms with E-state index in [9.17, 15) is 13.2 Å². The minimum absolute atomic E-state index is 0.0392. The van der Waals surface area contributed by atoms with E-state index in [1.54, 1.807) is 24.3 Å². The van der Waals surface area contributed by atoms with Gasteiger partial charge in [-0.05, 0) is 75.3 Å². The highest BCUT2D eigenvalue weighted by Crippen LogP contribution is 2.26. The van der Waals surface area contributed by atoms with Crippen molar-refractivity contribution in [3.05, 3.63) is 59.2 Å². The number of nitrogens with one attached hydrogen (secondary N) is 1. The Bertz CT molecular complexity index is 1030. The van der Waals surface area contributed by atoms with Crippen molar-refractivity contribution in [2.45, 2.75) is 58.6 Å². The number of rotatable bonds is 8. The Labute approximate surface area is 185 Å². The summed E-state index contributed by atoms with van der Waals surface area (Å²) >= 11 is 0. The molecule has 0 radical (unpaired) electrons. The van der Waals surface area contributed by atoms with Gasteiger partial charge in [-0.25, -0.2) is 8.42 Å². The standard InChI is InChI=1S/C24H32N2O4S/c1-17(2)30-23-11-7-10-22(15-23)26(31(4,28)29)16-24(27)25-18(3)20-13-12-19-8-5-6-9-21(19)14-20/h7,10-15,17-18H,5-6,8-9,16H2,1-4H3,(H,25,27)/t18-/m0/s1. The number of carbonyl (C=O) groups excluding carboxylic acids is 1. The number of carbonyl (C=O) groups is 1. The number of hydrogen-bond donors (Lipinski definition) is 1. The summed E-state index contributed by atoms with van der Waals surface area (Å²) < 4.78 is 31.6. The largest absolute Gasteiger partial charge is 0.491 e. The van der Waals surface area contributed by atoms with Crippen LogP contribution in [0.25, 0.3) is 0 Å². The lowest BCUT2D eigenvalue weighted by Crippen LogP contribution is -2.41. The lowest BCUT2D eigenvalue weighted by atomic mass is 9.89. The second kappa shape index (κ2) is 9.73. The molecular formula is C24H32N2O4S. The molecule has 1 amide bonds. The molecule has 3 rings (SSSR count). The van der Waals surface area contributed by atoms with Gasteiger partial charge in [-0.3, -0.25) is 9.10 Å². The third-order valence-electron chi connectivity index (χ3n) is 5.41. The zero-order chi connectivity index (χ0) is 22.6. The van der Waals surface area contributed by atoms with Gasteiger partial charge >= 0.3 is 0 Å². The summed E-state index contributed by atoms with van der Waals surface area (Å²) in [7, 11) is -3.65. The van der Waals surface area contributed by atoms with Crippen LogP contribution in [-0.2, 0) is 27.7 Å². The van der Waals surface area contributed by atoms with Crippen LogP contribution in [0.3, 0.4) is 0 Å². The first-order valence-electron chi connectivity index (χ1n) is 10.8. The van der Waals surface area contributed by atoms with E-state index in [0.29, 0.717) is 11.4 Å². The van der Waals surface area contributed by atoms with Crippen LogP contribution >= 0.6 is 0 Å². The van der Waals surface area contributed by atoms with Crippen LogP contribution < -0.4 is 14.4 Å². The fourth-order valence-electron chi connectivity index (χ4n) is 3.91. The van der Waals surface area contributed by atoms with Crippen molar-refractivity contribution < 1.29 is 17.9 Å². The molecule has 0 heterocycles. The molecule has 0 fully saturated rings. The number of anilines is 1. The Kier molecular flexibility index (Phi) is 7.26. The van der Waals surface area contributed by atoms with Gasteiger partial charge in [-0.15, -0.1) is 0 Å². The summed E-state index contributed by atoms with van der Waals surface area (Å²) in [6.45, 7) is 5.43. The summed E-state index contributed by atoms with van der Waals surface area (Å²) in [5, 5.41) is 2.95. The SMILES string of the molecule is CC(C)Oc1cccc(N(CC(=O)N[C@@H](C)c2ccc3c(c2)CCCC3)S(C)(=O)=O)c1. The average molecular weight is 445 g/mol. The average Bonchev–Trinajstić information content (AvgIpc) is 2.70. The Morgan fingerprint density at radius 2 is 1.77 bits per heavy atom. The molecule has 6 nitrogen and oxygen atoms in total. The van der Waals surface area contributed by atoms with Crippen molar-refractivity contribution >= 4 is 21.6 Å². The smallest absolute Gasteiger partial charge is 0.241 e. The molecular weight excluding hydrogens is 412 g/mol. The van der Waals surface area contributed by atoms with Crippen LogP contribution in [0.1, 0.15) is 56.3 Å². The molecule has 2 aromatic rings. The van der Waals surface area contributed by atoms with E-state index >= 15 is 0 Å². The van der Waals surface area contributed by atoms with E-state index in [0.717, 1.165) is 29.0 Å². The first kappa shape index (κ1) is 23.1. The first-order valence-corrected chi connectivity index (χ1v) is 12.6. The maximum atomic E-state index is 12.8. The third-order valence-corrected chi connectivity index (χ3v) is 6.56. The number of fused-ring (bicyclic) bond motifs is 1. The van der Waals surface area contributed by atoms with Crippen molar-refractivity contribution in [1.29, 1.82) is 0 Å². The third kappa shape index (κ3) is 6.23. The molecule has 2 aromatic carbocycles. The molecule has 31 heavy (non-hydrogen) atoms. The summed E-state index contributed by atoms with van der Waals surface area (Å²) in [6.07, 6.45) is 5.66. The number of amides is 1. The highest BCUT2D eigenvalue weighted by molar-refractivity contribution is 7.92. The molecule has 0 spiro atoms. The topological polar surface area (TPSA) is 75.7 Å². The molecule has 168 valence electrons. The maximum Gasteiger partial charge on any atom is 0.241 e. The van der Waals surface area contributed by atoms with Gasteiger partial charge in [0.2, 0.25) is 15.9 Å². The predicted molar refractivity (Wildman–Crippen MR) is 124 cm³/mol. The Balaban J connectivity index is 1.73. The Morgan fingerprint density at radius 3 is 2.45 bits per heavy atom. The van der Waals surface area contributed by atoms with Crippen molar-refractivity contribution in [2.24, 2.45) is 0 Å². The monoisotopic (exact) mass is 444 g/mol. The maximum absolute atomic E-state index is 12.8. The number of benzene rings is 2. The molecule has 1 aliphatic rings. The van der Waals surface area contributed by atoms with E-state index in [1.165, 1.54) is 24.0 Å². The molecule has 0 saturated carbocycles. The van der Waals surface area contributed by atoms with Gasteiger partial charge in [0.05, 0.1) is 24.1 Å². The summed E-state index contributed by atoms with van der Waals surface area (Å²) in [4.78, 5) is 12.8. The molecule has 0 bridgehead atoms. The minimum Gasteiger partial charge on any atom is -0.491 e. The number of aryl methyl sites for hydroxylation is 2. The van der Waals surface area contributed by atoms with Crippen LogP contribution in [0, 0.1) is 0 Å². The molecule has 1 aliphatic carbocycles. The first-order chi connectivity index (χ1) is 14.6. The zero-order valence-corrected chi connectivity index (χ0v) is 19.5. The van der Waals surface area contributed by atoms with Gasteiger partial charge in [-0.2, -0.15) is 0 Å². The van der Waals surface area contributed by atoms with E-state index < -0.39 is 10.0 Å². The van der Waals surface area contributed by atoms with Crippen LogP contribution in [0.15, 0.2) is 42.5 Å². The molecule has 0 aromatic heterocycles. The van der Waals surface area contributed by atoms with Gasteiger partial charge in [0, 0.05) is 6.07 Å². The van der Waals surface area contributed by atoms with Crippen molar-refractivity contribution in [3.8, 4) is 5.75 Å². The summed E-state index contributed by atoms with van der Waals surface area (Å²) in [5.74, 6) is 0.204. The highest BCUT2D eigenvalue weighted by Gasteiger charge is 2.23. The summed E-state index contributed by atoms with van der Waals surface area (Å²) in [6, 6.07) is 12.9. The van der Waals surface area contributed by atoms with E-state index in [-0.39, 0.29) is 24.6 Å². The fourth-order valence-corrected chi connectivity index (χ4v) is 4.76. The van der Waals surface area contributed by atoms with Gasteiger partial charge in [0.15, 0.2) is 0 Å². The number of hydrogen-bond acceptors (Lipinski definition) is 4. The van der Waals surface area contributed by atoms with Crippen LogP contribution in [0.4, 0.5) is 5.69 Å². The van der Waals surface area contributed by atoms with Gasteiger partial charge in [0.1, 0.15) is 12.3 Å². The van der Waals surface area contributed by atoms with Gasteiger partial charge in [-0.1, -0.05) is 24.3 Å². The number of ether oxygens (including phenoxy) is 1. The highest BCUT2D eigenvalue weighted by atomic mass is 32.2. The van der Waals surface area contributed by atoms with E-state index in [1.807, 2.05) is 20.8 Å². The number of sulfonamides is 1. The van der Waals surface area contributed by atoms with Crippen LogP contribution in [-0.4, -0.2) is 33.2 Å². The fraction of sp³-hybridized carbons (Fsp3) is 0.458. The second-order valence-electron chi connectivity index (χ2n) is 8.46. The van der Waals surface area contributed by atoms with Crippen molar-refractivity contribution in [1.82, 2.24) is 5.32 Å². The molecule has 7 heteroatoms. The van der Waals surface area contributed by atoms with Gasteiger partial charge < -0.3 is 10.1 Å². The van der Waals surface area contributed by atoms with Gasteiger partial charge in [0.25, 0.3) is 0 Å². The van der Waals surface area contributed by atoms with Crippen molar-refractivity contribution in [2.75, 3.05) is 17.1 Å². The van der Waals surface area contributed by atoms with Crippen LogP contribution in [0.2, 0.25) is 0 Å². The Hall–Kier alpha value is -2.54. The zero-order valence-electron chi connectivity index (χ0n) is 18.7.